The van der Waals surface area contributed by atoms with Gasteiger partial charge in [0.2, 0.25) is 0 Å². The third-order valence-electron chi connectivity index (χ3n) is 3.46. The Morgan fingerprint density at radius 1 is 1.13 bits per heavy atom. The first-order chi connectivity index (χ1) is 11.1. The second kappa shape index (κ2) is 5.45. The minimum absolute atomic E-state index is 0.105. The fourth-order valence-electron chi connectivity index (χ4n) is 2.45. The smallest absolute Gasteiger partial charge is 0.323 e. The summed E-state index contributed by atoms with van der Waals surface area (Å²) in [7, 11) is 0. The van der Waals surface area contributed by atoms with E-state index in [0.29, 0.717) is 21.2 Å². The predicted octanol–water partition coefficient (Wildman–Crippen LogP) is 3.03. The summed E-state index contributed by atoms with van der Waals surface area (Å²) >= 11 is 7.36. The number of aromatic amines is 3. The third kappa shape index (κ3) is 2.63. The Bertz CT molecular complexity index is 1080. The first-order valence-electron chi connectivity index (χ1n) is 6.81. The van der Waals surface area contributed by atoms with Gasteiger partial charge >= 0.3 is 5.69 Å². The molecule has 0 aliphatic carbocycles. The van der Waals surface area contributed by atoms with Gasteiger partial charge in [-0.3, -0.25) is 0 Å². The number of halogens is 1. The Morgan fingerprint density at radius 3 is 2.83 bits per heavy atom. The van der Waals surface area contributed by atoms with E-state index in [-0.39, 0.29) is 12.3 Å². The summed E-state index contributed by atoms with van der Waals surface area (Å²) < 4.78 is 0. The van der Waals surface area contributed by atoms with Gasteiger partial charge in [-0.1, -0.05) is 11.6 Å². The number of aliphatic hydroxyl groups is 1. The van der Waals surface area contributed by atoms with Crippen LogP contribution < -0.4 is 5.69 Å². The van der Waals surface area contributed by atoms with Gasteiger partial charge in [0.1, 0.15) is 0 Å². The van der Waals surface area contributed by atoms with Crippen LogP contribution in [0.3, 0.4) is 0 Å². The summed E-state index contributed by atoms with van der Waals surface area (Å²) in [6.45, 7) is -0.105. The maximum atomic E-state index is 11.6. The first kappa shape index (κ1) is 14.4. The van der Waals surface area contributed by atoms with Crippen LogP contribution in [0.15, 0.2) is 45.2 Å². The highest BCUT2D eigenvalue weighted by Crippen LogP contribution is 2.32. The van der Waals surface area contributed by atoms with Crippen LogP contribution in [0.25, 0.3) is 22.1 Å². The lowest BCUT2D eigenvalue weighted by molar-refractivity contribution is 0.281. The molecule has 0 bridgehead atoms. The fourth-order valence-corrected chi connectivity index (χ4v) is 3.61. The van der Waals surface area contributed by atoms with Crippen molar-refractivity contribution in [2.24, 2.45) is 0 Å². The van der Waals surface area contributed by atoms with E-state index >= 15 is 0 Å². The van der Waals surface area contributed by atoms with Crippen molar-refractivity contribution in [2.45, 2.75) is 16.7 Å². The molecule has 0 amide bonds. The fraction of sp³-hybridized carbons (Fsp3) is 0.0667. The van der Waals surface area contributed by atoms with Crippen LogP contribution in [-0.4, -0.2) is 25.0 Å². The quantitative estimate of drug-likeness (QED) is 0.458. The zero-order valence-corrected chi connectivity index (χ0v) is 13.3. The van der Waals surface area contributed by atoms with E-state index in [4.69, 9.17) is 11.6 Å². The molecule has 2 aromatic carbocycles. The molecule has 2 heterocycles. The van der Waals surface area contributed by atoms with Crippen molar-refractivity contribution >= 4 is 45.4 Å². The van der Waals surface area contributed by atoms with Crippen LogP contribution in [0.1, 0.15) is 5.56 Å². The molecule has 0 saturated heterocycles. The molecule has 0 radical (unpaired) electrons. The average molecular weight is 347 g/mol. The van der Waals surface area contributed by atoms with Crippen molar-refractivity contribution in [2.75, 3.05) is 0 Å². The predicted molar refractivity (Wildman–Crippen MR) is 90.1 cm³/mol. The molecule has 0 fully saturated rings. The maximum Gasteiger partial charge on any atom is 0.323 e. The maximum absolute atomic E-state index is 11.6. The largest absolute Gasteiger partial charge is 0.392 e. The number of aromatic nitrogens is 4. The molecule has 0 unspecified atom stereocenters. The second-order valence-electron chi connectivity index (χ2n) is 5.06. The van der Waals surface area contributed by atoms with E-state index in [1.165, 1.54) is 11.8 Å². The molecule has 0 saturated carbocycles. The standard InChI is InChI=1S/C15H11ClN4O2S/c16-8-1-2-9-10(5-8)19-15(18-9)23-12-4-7(6-21)3-11-13(12)20-14(22)17-11/h1-5,21H,6H2,(H,18,19)(H2,17,20,22). The van der Waals surface area contributed by atoms with E-state index in [0.717, 1.165) is 21.5 Å². The average Bonchev–Trinajstić information content (AvgIpc) is 3.08. The van der Waals surface area contributed by atoms with Crippen LogP contribution in [0, 0.1) is 0 Å². The minimum atomic E-state index is -0.284. The highest BCUT2D eigenvalue weighted by Gasteiger charge is 2.11. The number of H-pyrrole nitrogens is 3. The van der Waals surface area contributed by atoms with Crippen LogP contribution in [0.4, 0.5) is 0 Å². The lowest BCUT2D eigenvalue weighted by atomic mass is 10.2. The normalized spacial score (nSPS) is 11.6. The highest BCUT2D eigenvalue weighted by molar-refractivity contribution is 7.99. The van der Waals surface area contributed by atoms with E-state index in [1.807, 2.05) is 18.2 Å². The Labute approximate surface area is 138 Å². The highest BCUT2D eigenvalue weighted by atomic mass is 35.5. The zero-order chi connectivity index (χ0) is 16.0. The summed E-state index contributed by atoms with van der Waals surface area (Å²) in [6.07, 6.45) is 0. The first-order valence-corrected chi connectivity index (χ1v) is 8.01. The van der Waals surface area contributed by atoms with Crippen LogP contribution in [-0.2, 0) is 6.61 Å². The van der Waals surface area contributed by atoms with Gasteiger partial charge in [0.15, 0.2) is 5.16 Å². The molecule has 0 aliphatic rings. The van der Waals surface area contributed by atoms with E-state index < -0.39 is 0 Å². The summed E-state index contributed by atoms with van der Waals surface area (Å²) in [6, 6.07) is 9.02. The lowest BCUT2D eigenvalue weighted by Crippen LogP contribution is -1.99. The molecule has 0 aliphatic heterocycles. The third-order valence-corrected chi connectivity index (χ3v) is 4.62. The van der Waals surface area contributed by atoms with Crippen molar-refractivity contribution in [3.8, 4) is 0 Å². The number of nitrogens with one attached hydrogen (secondary N) is 3. The molecule has 23 heavy (non-hydrogen) atoms. The molecule has 4 aromatic rings. The Balaban J connectivity index is 1.82. The summed E-state index contributed by atoms with van der Waals surface area (Å²) in [5.74, 6) is 0. The molecule has 6 nitrogen and oxygen atoms in total. The number of rotatable bonds is 3. The summed E-state index contributed by atoms with van der Waals surface area (Å²) in [5.41, 5.74) is 3.44. The Morgan fingerprint density at radius 2 is 2.00 bits per heavy atom. The van der Waals surface area contributed by atoms with Gasteiger partial charge in [0.25, 0.3) is 0 Å². The zero-order valence-electron chi connectivity index (χ0n) is 11.7. The summed E-state index contributed by atoms with van der Waals surface area (Å²) in [4.78, 5) is 25.5. The molecule has 116 valence electrons. The molecule has 0 atom stereocenters. The monoisotopic (exact) mass is 346 g/mol. The van der Waals surface area contributed by atoms with Gasteiger partial charge in [0, 0.05) is 9.92 Å². The number of benzene rings is 2. The number of aliphatic hydroxyl groups excluding tert-OH is 1. The minimum Gasteiger partial charge on any atom is -0.392 e. The molecular formula is C15H11ClN4O2S. The van der Waals surface area contributed by atoms with Crippen molar-refractivity contribution in [1.29, 1.82) is 0 Å². The molecular weight excluding hydrogens is 336 g/mol. The lowest BCUT2D eigenvalue weighted by Gasteiger charge is -2.03. The van der Waals surface area contributed by atoms with Crippen LogP contribution in [0.2, 0.25) is 5.02 Å². The Kier molecular flexibility index (Phi) is 3.41. The van der Waals surface area contributed by atoms with Crippen molar-refractivity contribution < 1.29 is 5.11 Å². The van der Waals surface area contributed by atoms with E-state index in [9.17, 15) is 9.90 Å². The van der Waals surface area contributed by atoms with Gasteiger partial charge in [-0.25, -0.2) is 9.78 Å². The van der Waals surface area contributed by atoms with Crippen molar-refractivity contribution in [3.63, 3.8) is 0 Å². The molecule has 4 N–H and O–H groups in total. The number of fused-ring (bicyclic) bond motifs is 2. The second-order valence-corrected chi connectivity index (χ2v) is 6.53. The topological polar surface area (TPSA) is 97.6 Å². The molecule has 8 heteroatoms. The van der Waals surface area contributed by atoms with Gasteiger partial charge in [0.05, 0.1) is 28.7 Å². The number of imidazole rings is 2. The molecule has 2 aromatic heterocycles. The van der Waals surface area contributed by atoms with Crippen LogP contribution >= 0.6 is 23.4 Å². The SMILES string of the molecule is O=c1[nH]c2cc(CO)cc(Sc3nc4ccc(Cl)cc4[nH]3)c2[nH]1. The van der Waals surface area contributed by atoms with Gasteiger partial charge < -0.3 is 20.1 Å². The summed E-state index contributed by atoms with van der Waals surface area (Å²) in [5, 5.41) is 10.7. The molecule has 0 spiro atoms. The van der Waals surface area contributed by atoms with Gasteiger partial charge in [-0.15, -0.1) is 0 Å². The molecule has 4 rings (SSSR count). The van der Waals surface area contributed by atoms with Crippen molar-refractivity contribution in [1.82, 2.24) is 19.9 Å². The van der Waals surface area contributed by atoms with Gasteiger partial charge in [-0.05, 0) is 47.7 Å². The number of nitrogens with zero attached hydrogens (tertiary/aromatic N) is 1. The van der Waals surface area contributed by atoms with Gasteiger partial charge in [-0.2, -0.15) is 0 Å². The van der Waals surface area contributed by atoms with Crippen LogP contribution in [0.5, 0.6) is 0 Å². The van der Waals surface area contributed by atoms with E-state index in [1.54, 1.807) is 12.1 Å². The Hall–Kier alpha value is -2.22. The van der Waals surface area contributed by atoms with Crippen molar-refractivity contribution in [3.05, 3.63) is 51.4 Å². The number of hydrogen-bond acceptors (Lipinski definition) is 4. The van der Waals surface area contributed by atoms with E-state index in [2.05, 4.69) is 19.9 Å². The number of hydrogen-bond donors (Lipinski definition) is 4.